The van der Waals surface area contributed by atoms with Crippen LogP contribution in [0, 0.1) is 11.3 Å². The van der Waals surface area contributed by atoms with Crippen LogP contribution in [0.4, 0.5) is 5.82 Å². The van der Waals surface area contributed by atoms with Gasteiger partial charge in [0.1, 0.15) is 23.5 Å². The summed E-state index contributed by atoms with van der Waals surface area (Å²) >= 11 is 1.38. The molecule has 3 heterocycles. The van der Waals surface area contributed by atoms with Crippen LogP contribution in [-0.2, 0) is 11.8 Å². The van der Waals surface area contributed by atoms with E-state index in [1.165, 1.54) is 22.2 Å². The molecule has 1 amide bonds. The number of nitrogens with zero attached hydrogens (tertiary/aromatic N) is 6. The average Bonchev–Trinajstić information content (AvgIpc) is 3.35. The van der Waals surface area contributed by atoms with Crippen LogP contribution in [0.25, 0.3) is 20.7 Å². The maximum Gasteiger partial charge on any atom is 0.279 e. The van der Waals surface area contributed by atoms with Crippen LogP contribution in [0.2, 0.25) is 0 Å². The van der Waals surface area contributed by atoms with E-state index in [1.54, 1.807) is 20.0 Å². The Kier molecular flexibility index (Phi) is 5.12. The summed E-state index contributed by atoms with van der Waals surface area (Å²) in [4.78, 5) is 27.4. The Bertz CT molecular complexity index is 1330. The maximum absolute atomic E-state index is 13.1. The number of thiophene rings is 1. The number of aromatic nitrogens is 5. The molecule has 0 spiro atoms. The van der Waals surface area contributed by atoms with Crippen molar-refractivity contribution >= 4 is 33.3 Å². The molecule has 0 bridgehead atoms. The minimum absolute atomic E-state index is 0.236. The third kappa shape index (κ3) is 3.35. The predicted molar refractivity (Wildman–Crippen MR) is 113 cm³/mol. The number of amides is 1. The molecule has 9 nitrogen and oxygen atoms in total. The van der Waals surface area contributed by atoms with Crippen molar-refractivity contribution in [2.75, 3.05) is 5.32 Å². The summed E-state index contributed by atoms with van der Waals surface area (Å²) in [6, 6.07) is 12.6. The Hall–Kier alpha value is -3.84. The quantitative estimate of drug-likeness (QED) is 0.531. The van der Waals surface area contributed by atoms with Crippen LogP contribution >= 0.6 is 11.3 Å². The largest absolute Gasteiger partial charge is 0.308 e. The molecule has 1 unspecified atom stereocenters. The van der Waals surface area contributed by atoms with E-state index in [0.717, 1.165) is 15.1 Å². The number of aryl methyl sites for hydroxylation is 1. The van der Waals surface area contributed by atoms with Gasteiger partial charge in [0.15, 0.2) is 4.83 Å². The highest BCUT2D eigenvalue weighted by Crippen LogP contribution is 2.30. The third-order valence-corrected chi connectivity index (χ3v) is 5.79. The second kappa shape index (κ2) is 7.88. The number of anilines is 1. The molecule has 1 atom stereocenters. The van der Waals surface area contributed by atoms with E-state index < -0.39 is 11.9 Å². The molecule has 10 heteroatoms. The Balaban J connectivity index is 1.71. The highest BCUT2D eigenvalue weighted by Gasteiger charge is 2.25. The number of rotatable bonds is 5. The van der Waals surface area contributed by atoms with Crippen molar-refractivity contribution in [3.05, 3.63) is 58.5 Å². The van der Waals surface area contributed by atoms with E-state index in [2.05, 4.69) is 20.7 Å². The first-order valence-electron chi connectivity index (χ1n) is 9.21. The lowest BCUT2D eigenvalue weighted by Crippen LogP contribution is -2.35. The minimum Gasteiger partial charge on any atom is -0.308 e. The zero-order valence-corrected chi connectivity index (χ0v) is 17.1. The monoisotopic (exact) mass is 419 g/mol. The first-order valence-corrected chi connectivity index (χ1v) is 10.0. The normalized spacial score (nSPS) is 11.9. The number of fused-ring (bicyclic) bond motifs is 1. The van der Waals surface area contributed by atoms with Crippen LogP contribution in [-0.4, -0.2) is 30.7 Å². The molecule has 4 rings (SSSR count). The standard InChI is InChI=1S/C20H17N7O2S/c1-3-15(18(28)23-17-13(10-21)11-22-26(17)2)27-20(29)14-9-16(30-19(14)24-25-27)12-7-5-4-6-8-12/h4-9,11,15H,3H2,1-2H3,(H,23,28). The molecule has 1 N–H and O–H groups in total. The molecule has 0 fully saturated rings. The molecule has 0 saturated heterocycles. The van der Waals surface area contributed by atoms with Gasteiger partial charge in [-0.15, -0.1) is 16.4 Å². The number of hydrogen-bond acceptors (Lipinski definition) is 7. The molecule has 150 valence electrons. The van der Waals surface area contributed by atoms with Gasteiger partial charge in [-0.05, 0) is 18.1 Å². The molecule has 0 aliphatic rings. The van der Waals surface area contributed by atoms with E-state index in [9.17, 15) is 14.9 Å². The summed E-state index contributed by atoms with van der Waals surface area (Å²) in [5.74, 6) is -0.197. The lowest BCUT2D eigenvalue weighted by atomic mass is 10.2. The fourth-order valence-electron chi connectivity index (χ4n) is 3.15. The zero-order valence-electron chi connectivity index (χ0n) is 16.2. The van der Waals surface area contributed by atoms with Gasteiger partial charge in [-0.2, -0.15) is 15.0 Å². The van der Waals surface area contributed by atoms with Gasteiger partial charge in [0.25, 0.3) is 11.5 Å². The van der Waals surface area contributed by atoms with E-state index in [0.29, 0.717) is 16.6 Å². The smallest absolute Gasteiger partial charge is 0.279 e. The minimum atomic E-state index is -0.879. The second-order valence-electron chi connectivity index (χ2n) is 6.59. The molecular weight excluding hydrogens is 402 g/mol. The van der Waals surface area contributed by atoms with E-state index in [-0.39, 0.29) is 16.9 Å². The lowest BCUT2D eigenvalue weighted by molar-refractivity contribution is -0.119. The van der Waals surface area contributed by atoms with Crippen molar-refractivity contribution in [3.8, 4) is 16.5 Å². The SMILES string of the molecule is CCC(C(=O)Nc1c(C#N)cnn1C)n1nnc2sc(-c3ccccc3)cc2c1=O. The summed E-state index contributed by atoms with van der Waals surface area (Å²) in [5.41, 5.74) is 0.836. The Morgan fingerprint density at radius 2 is 2.10 bits per heavy atom. The van der Waals surface area contributed by atoms with Crippen molar-refractivity contribution in [1.82, 2.24) is 24.8 Å². The first-order chi connectivity index (χ1) is 14.5. The van der Waals surface area contributed by atoms with Gasteiger partial charge >= 0.3 is 0 Å². The molecule has 1 aromatic carbocycles. The summed E-state index contributed by atoms with van der Waals surface area (Å²) in [5, 5.41) is 24.4. The molecular formula is C20H17N7O2S. The summed E-state index contributed by atoms with van der Waals surface area (Å²) in [6.45, 7) is 1.78. The highest BCUT2D eigenvalue weighted by atomic mass is 32.1. The molecule has 0 radical (unpaired) electrons. The van der Waals surface area contributed by atoms with Crippen molar-refractivity contribution < 1.29 is 4.79 Å². The van der Waals surface area contributed by atoms with Gasteiger partial charge in [0.05, 0.1) is 11.6 Å². The molecule has 4 aromatic rings. The number of carbonyl (C=O) groups is 1. The van der Waals surface area contributed by atoms with Gasteiger partial charge in [-0.1, -0.05) is 42.5 Å². The lowest BCUT2D eigenvalue weighted by Gasteiger charge is -2.16. The van der Waals surface area contributed by atoms with Crippen LogP contribution in [0.1, 0.15) is 24.9 Å². The molecule has 0 aliphatic carbocycles. The number of benzene rings is 1. The van der Waals surface area contributed by atoms with Crippen LogP contribution in [0.5, 0.6) is 0 Å². The predicted octanol–water partition coefficient (Wildman–Crippen LogP) is 2.71. The number of nitriles is 1. The number of carbonyl (C=O) groups excluding carboxylic acids is 1. The van der Waals surface area contributed by atoms with Gasteiger partial charge in [0, 0.05) is 11.9 Å². The maximum atomic E-state index is 13.1. The first kappa shape index (κ1) is 19.5. The van der Waals surface area contributed by atoms with Crippen molar-refractivity contribution in [2.45, 2.75) is 19.4 Å². The average molecular weight is 419 g/mol. The van der Waals surface area contributed by atoms with Gasteiger partial charge < -0.3 is 5.32 Å². The second-order valence-corrected chi connectivity index (χ2v) is 7.62. The summed E-state index contributed by atoms with van der Waals surface area (Å²) in [7, 11) is 1.62. The summed E-state index contributed by atoms with van der Waals surface area (Å²) in [6.07, 6.45) is 1.69. The molecule has 30 heavy (non-hydrogen) atoms. The Morgan fingerprint density at radius 1 is 1.33 bits per heavy atom. The van der Waals surface area contributed by atoms with Crippen LogP contribution in [0.3, 0.4) is 0 Å². The fourth-order valence-corrected chi connectivity index (χ4v) is 4.12. The van der Waals surface area contributed by atoms with Gasteiger partial charge in [-0.3, -0.25) is 14.3 Å². The van der Waals surface area contributed by atoms with E-state index >= 15 is 0 Å². The highest BCUT2D eigenvalue weighted by molar-refractivity contribution is 7.21. The van der Waals surface area contributed by atoms with Crippen molar-refractivity contribution in [2.24, 2.45) is 7.05 Å². The van der Waals surface area contributed by atoms with Crippen molar-refractivity contribution in [3.63, 3.8) is 0 Å². The van der Waals surface area contributed by atoms with E-state index in [1.807, 2.05) is 36.4 Å². The zero-order chi connectivity index (χ0) is 21.3. The number of nitrogens with one attached hydrogen (secondary N) is 1. The fraction of sp³-hybridized carbons (Fsp3) is 0.200. The topological polar surface area (TPSA) is 118 Å². The molecule has 0 aliphatic heterocycles. The van der Waals surface area contributed by atoms with E-state index in [4.69, 9.17) is 0 Å². The van der Waals surface area contributed by atoms with Crippen LogP contribution < -0.4 is 10.9 Å². The van der Waals surface area contributed by atoms with Crippen molar-refractivity contribution in [1.29, 1.82) is 5.26 Å². The Labute approximate surface area is 175 Å². The van der Waals surface area contributed by atoms with Crippen LogP contribution in [0.15, 0.2) is 47.4 Å². The molecule has 3 aromatic heterocycles. The summed E-state index contributed by atoms with van der Waals surface area (Å²) < 4.78 is 2.49. The van der Waals surface area contributed by atoms with Gasteiger partial charge in [0.2, 0.25) is 0 Å². The third-order valence-electron chi connectivity index (χ3n) is 4.73. The number of hydrogen-bond donors (Lipinski definition) is 1. The molecule has 0 saturated carbocycles. The van der Waals surface area contributed by atoms with Gasteiger partial charge in [-0.25, -0.2) is 0 Å². The Morgan fingerprint density at radius 3 is 2.80 bits per heavy atom.